The van der Waals surface area contributed by atoms with Gasteiger partial charge in [0.25, 0.3) is 0 Å². The molecule has 1 rings (SSSR count). The van der Waals surface area contributed by atoms with E-state index in [4.69, 9.17) is 4.99 Å². The number of piperazine rings is 1. The Morgan fingerprint density at radius 3 is 2.37 bits per heavy atom. The Morgan fingerprint density at radius 1 is 1.15 bits per heavy atom. The van der Waals surface area contributed by atoms with Gasteiger partial charge in [0.15, 0.2) is 5.96 Å². The van der Waals surface area contributed by atoms with E-state index < -0.39 is 0 Å². The quantitative estimate of drug-likeness (QED) is 0.416. The van der Waals surface area contributed by atoms with Gasteiger partial charge >= 0.3 is 0 Å². The number of aliphatic imine (C=N–C) groups is 1. The number of nitrogens with one attached hydrogen (secondary N) is 2. The van der Waals surface area contributed by atoms with Crippen LogP contribution in [0.4, 0.5) is 0 Å². The highest BCUT2D eigenvalue weighted by Crippen LogP contribution is 2.02. The molecule has 0 aliphatic carbocycles. The molecule has 1 saturated heterocycles. The second kappa shape index (κ2) is 13.8. The van der Waals surface area contributed by atoms with Gasteiger partial charge in [0.05, 0.1) is 6.54 Å². The van der Waals surface area contributed by atoms with Crippen molar-refractivity contribution >= 4 is 11.9 Å². The molecule has 0 saturated carbocycles. The Morgan fingerprint density at radius 2 is 1.81 bits per heavy atom. The minimum Gasteiger partial charge on any atom is -0.357 e. The van der Waals surface area contributed by atoms with Crippen LogP contribution < -0.4 is 10.6 Å². The standard InChI is InChI=1S/C20H42N6O/c1-6-21-20(23-18(4)10-9-12-24(7-2)8-3)22-11-13-25-14-16-26(17-15-25)19(5)27/h18H,6-17H2,1-5H3,(H2,21,22,23). The second-order valence-corrected chi connectivity index (χ2v) is 7.32. The van der Waals surface area contributed by atoms with E-state index in [9.17, 15) is 4.79 Å². The topological polar surface area (TPSA) is 63.2 Å². The molecule has 7 heteroatoms. The van der Waals surface area contributed by atoms with E-state index in [-0.39, 0.29) is 5.91 Å². The summed E-state index contributed by atoms with van der Waals surface area (Å²) in [5.41, 5.74) is 0. The number of guanidine groups is 1. The molecule has 1 aliphatic heterocycles. The van der Waals surface area contributed by atoms with Gasteiger partial charge in [-0.25, -0.2) is 0 Å². The van der Waals surface area contributed by atoms with Gasteiger partial charge in [-0.2, -0.15) is 0 Å². The Labute approximate surface area is 166 Å². The maximum absolute atomic E-state index is 11.4. The van der Waals surface area contributed by atoms with E-state index in [0.717, 1.165) is 71.3 Å². The SMILES string of the molecule is CCNC(=NCCN1CCN(C(C)=O)CC1)NC(C)CCCN(CC)CC. The molecule has 1 heterocycles. The highest BCUT2D eigenvalue weighted by molar-refractivity contribution is 5.80. The number of rotatable bonds is 11. The van der Waals surface area contributed by atoms with Crippen molar-refractivity contribution in [2.75, 3.05) is 65.4 Å². The van der Waals surface area contributed by atoms with Crippen molar-refractivity contribution in [3.05, 3.63) is 0 Å². The fraction of sp³-hybridized carbons (Fsp3) is 0.900. The van der Waals surface area contributed by atoms with Crippen molar-refractivity contribution in [3.63, 3.8) is 0 Å². The fourth-order valence-corrected chi connectivity index (χ4v) is 3.38. The molecule has 2 N–H and O–H groups in total. The Hall–Kier alpha value is -1.34. The summed E-state index contributed by atoms with van der Waals surface area (Å²) in [6.45, 7) is 20.0. The molecule has 0 spiro atoms. The molecule has 1 unspecified atom stereocenters. The van der Waals surface area contributed by atoms with Crippen LogP contribution in [0.15, 0.2) is 4.99 Å². The molecule has 0 bridgehead atoms. The van der Waals surface area contributed by atoms with Crippen LogP contribution in [0.25, 0.3) is 0 Å². The van der Waals surface area contributed by atoms with Gasteiger partial charge in [-0.3, -0.25) is 14.7 Å². The largest absolute Gasteiger partial charge is 0.357 e. The van der Waals surface area contributed by atoms with E-state index in [2.05, 4.69) is 48.1 Å². The van der Waals surface area contributed by atoms with Crippen LogP contribution in [-0.4, -0.2) is 98.1 Å². The highest BCUT2D eigenvalue weighted by Gasteiger charge is 2.17. The third kappa shape index (κ3) is 9.96. The lowest BCUT2D eigenvalue weighted by Gasteiger charge is -2.33. The molecule has 1 atom stereocenters. The molecular weight excluding hydrogens is 340 g/mol. The van der Waals surface area contributed by atoms with Gasteiger partial charge in [0.2, 0.25) is 5.91 Å². The van der Waals surface area contributed by atoms with Gasteiger partial charge in [-0.15, -0.1) is 0 Å². The van der Waals surface area contributed by atoms with Crippen molar-refractivity contribution in [3.8, 4) is 0 Å². The summed E-state index contributed by atoms with van der Waals surface area (Å²) in [7, 11) is 0. The Bertz CT molecular complexity index is 430. The van der Waals surface area contributed by atoms with E-state index in [1.807, 2.05) is 4.90 Å². The number of nitrogens with zero attached hydrogens (tertiary/aromatic N) is 4. The van der Waals surface area contributed by atoms with E-state index in [0.29, 0.717) is 6.04 Å². The van der Waals surface area contributed by atoms with E-state index >= 15 is 0 Å². The first-order chi connectivity index (χ1) is 13.0. The van der Waals surface area contributed by atoms with Crippen molar-refractivity contribution in [1.82, 2.24) is 25.3 Å². The minimum atomic E-state index is 0.182. The first kappa shape index (κ1) is 23.7. The normalized spacial score (nSPS) is 17.3. The predicted octanol–water partition coefficient (Wildman–Crippen LogP) is 1.22. The summed E-state index contributed by atoms with van der Waals surface area (Å²) in [4.78, 5) is 22.9. The summed E-state index contributed by atoms with van der Waals surface area (Å²) in [5.74, 6) is 1.09. The molecule has 1 amide bonds. The van der Waals surface area contributed by atoms with Crippen molar-refractivity contribution in [2.45, 2.75) is 53.5 Å². The van der Waals surface area contributed by atoms with Crippen LogP contribution in [-0.2, 0) is 4.79 Å². The van der Waals surface area contributed by atoms with Crippen LogP contribution >= 0.6 is 0 Å². The Kier molecular flexibility index (Phi) is 12.1. The summed E-state index contributed by atoms with van der Waals surface area (Å²) in [6.07, 6.45) is 2.35. The van der Waals surface area contributed by atoms with Crippen molar-refractivity contribution in [2.24, 2.45) is 4.99 Å². The Balaban J connectivity index is 2.31. The predicted molar refractivity (Wildman–Crippen MR) is 114 cm³/mol. The highest BCUT2D eigenvalue weighted by atomic mass is 16.2. The maximum atomic E-state index is 11.4. The summed E-state index contributed by atoms with van der Waals surface area (Å²) >= 11 is 0. The third-order valence-electron chi connectivity index (χ3n) is 5.24. The third-order valence-corrected chi connectivity index (χ3v) is 5.24. The van der Waals surface area contributed by atoms with Crippen LogP contribution in [0, 0.1) is 0 Å². The molecule has 27 heavy (non-hydrogen) atoms. The second-order valence-electron chi connectivity index (χ2n) is 7.32. The minimum absolute atomic E-state index is 0.182. The lowest BCUT2D eigenvalue weighted by Crippen LogP contribution is -2.48. The molecule has 0 aromatic heterocycles. The molecular formula is C20H42N6O. The van der Waals surface area contributed by atoms with Crippen LogP contribution in [0.2, 0.25) is 0 Å². The number of carbonyl (C=O) groups is 1. The zero-order chi connectivity index (χ0) is 20.1. The molecule has 0 aromatic carbocycles. The summed E-state index contributed by atoms with van der Waals surface area (Å²) in [5, 5.41) is 6.89. The van der Waals surface area contributed by atoms with E-state index in [1.54, 1.807) is 6.92 Å². The average molecular weight is 383 g/mol. The summed E-state index contributed by atoms with van der Waals surface area (Å²) < 4.78 is 0. The van der Waals surface area contributed by atoms with Crippen LogP contribution in [0.5, 0.6) is 0 Å². The van der Waals surface area contributed by atoms with Gasteiger partial charge in [0, 0.05) is 52.2 Å². The lowest BCUT2D eigenvalue weighted by atomic mass is 10.2. The van der Waals surface area contributed by atoms with Gasteiger partial charge in [-0.1, -0.05) is 13.8 Å². The smallest absolute Gasteiger partial charge is 0.219 e. The first-order valence-electron chi connectivity index (χ1n) is 10.7. The monoisotopic (exact) mass is 382 g/mol. The zero-order valence-corrected chi connectivity index (χ0v) is 18.3. The number of hydrogen-bond acceptors (Lipinski definition) is 4. The van der Waals surface area contributed by atoms with Gasteiger partial charge in [0.1, 0.15) is 0 Å². The molecule has 0 radical (unpaired) electrons. The molecule has 158 valence electrons. The number of amides is 1. The van der Waals surface area contributed by atoms with Crippen molar-refractivity contribution < 1.29 is 4.79 Å². The number of hydrogen-bond donors (Lipinski definition) is 2. The van der Waals surface area contributed by atoms with Crippen LogP contribution in [0.3, 0.4) is 0 Å². The molecule has 0 aromatic rings. The zero-order valence-electron chi connectivity index (χ0n) is 18.3. The fourth-order valence-electron chi connectivity index (χ4n) is 3.38. The van der Waals surface area contributed by atoms with Gasteiger partial charge < -0.3 is 20.4 Å². The molecule has 1 fully saturated rings. The van der Waals surface area contributed by atoms with Gasteiger partial charge in [-0.05, 0) is 46.3 Å². The lowest BCUT2D eigenvalue weighted by molar-refractivity contribution is -0.130. The van der Waals surface area contributed by atoms with Crippen molar-refractivity contribution in [1.29, 1.82) is 0 Å². The average Bonchev–Trinajstić information content (AvgIpc) is 2.66. The number of carbonyl (C=O) groups excluding carboxylic acids is 1. The molecule has 1 aliphatic rings. The summed E-state index contributed by atoms with van der Waals surface area (Å²) in [6, 6.07) is 0.414. The van der Waals surface area contributed by atoms with Crippen LogP contribution in [0.1, 0.15) is 47.5 Å². The van der Waals surface area contributed by atoms with E-state index in [1.165, 1.54) is 13.0 Å². The molecule has 7 nitrogen and oxygen atoms in total. The maximum Gasteiger partial charge on any atom is 0.219 e. The first-order valence-corrected chi connectivity index (χ1v) is 10.7.